The van der Waals surface area contributed by atoms with E-state index >= 15 is 0 Å². The first-order chi connectivity index (χ1) is 19.1. The van der Waals surface area contributed by atoms with Gasteiger partial charge in [-0.2, -0.15) is 0 Å². The number of amides is 1. The van der Waals surface area contributed by atoms with Crippen molar-refractivity contribution in [1.82, 2.24) is 0 Å². The third-order valence-electron chi connectivity index (χ3n) is 8.37. The van der Waals surface area contributed by atoms with Crippen molar-refractivity contribution in [2.24, 2.45) is 47.2 Å². The van der Waals surface area contributed by atoms with Gasteiger partial charge in [-0.15, -0.1) is 0 Å². The van der Waals surface area contributed by atoms with Crippen molar-refractivity contribution in [3.8, 4) is 0 Å². The summed E-state index contributed by atoms with van der Waals surface area (Å²) in [5.74, 6) is -2.50. The zero-order valence-corrected chi connectivity index (χ0v) is 25.7. The van der Waals surface area contributed by atoms with Crippen molar-refractivity contribution < 1.29 is 39.5 Å². The highest BCUT2D eigenvalue weighted by molar-refractivity contribution is 5.73. The molecular formula is C32H53NO8. The first-order valence-corrected chi connectivity index (χ1v) is 14.6. The average molecular weight is 580 g/mol. The summed E-state index contributed by atoms with van der Waals surface area (Å²) >= 11 is 0. The molecule has 0 radical (unpaired) electrons. The molecule has 1 amide bonds. The van der Waals surface area contributed by atoms with Gasteiger partial charge in [0.1, 0.15) is 12.2 Å². The molecule has 0 aliphatic carbocycles. The normalized spacial score (nSPS) is 28.4. The summed E-state index contributed by atoms with van der Waals surface area (Å²) in [4.78, 5) is 23.4. The van der Waals surface area contributed by atoms with Gasteiger partial charge in [-0.05, 0) is 19.3 Å². The Hall–Kier alpha value is -2.46. The van der Waals surface area contributed by atoms with E-state index < -0.39 is 54.6 Å². The molecule has 6 N–H and O–H groups in total. The number of hydrogen-bond donors (Lipinski definition) is 5. The van der Waals surface area contributed by atoms with Gasteiger partial charge in [0.15, 0.2) is 0 Å². The zero-order chi connectivity index (χ0) is 31.4. The molecule has 9 heteroatoms. The fraction of sp³-hybridized carbons (Fsp3) is 0.688. The molecule has 1 saturated heterocycles. The molecule has 0 spiro atoms. The highest BCUT2D eigenvalue weighted by Gasteiger charge is 2.41. The van der Waals surface area contributed by atoms with Gasteiger partial charge in [0, 0.05) is 36.0 Å². The van der Waals surface area contributed by atoms with Gasteiger partial charge in [-0.25, -0.2) is 4.79 Å². The number of carbonyl (C=O) groups excluding carboxylic acids is 2. The van der Waals surface area contributed by atoms with Crippen LogP contribution in [0.15, 0.2) is 49.1 Å². The quantitative estimate of drug-likeness (QED) is 0.105. The molecule has 0 saturated carbocycles. The van der Waals surface area contributed by atoms with Crippen molar-refractivity contribution in [3.63, 3.8) is 0 Å². The van der Waals surface area contributed by atoms with Crippen LogP contribution in [0.5, 0.6) is 0 Å². The molecule has 0 aromatic heterocycles. The third-order valence-corrected chi connectivity index (χ3v) is 8.37. The van der Waals surface area contributed by atoms with E-state index in [0.717, 1.165) is 0 Å². The molecule has 1 aliphatic rings. The van der Waals surface area contributed by atoms with Crippen LogP contribution in [0.4, 0.5) is 4.79 Å². The molecule has 0 aromatic rings. The van der Waals surface area contributed by atoms with E-state index in [-0.39, 0.29) is 41.9 Å². The van der Waals surface area contributed by atoms with E-state index in [0.29, 0.717) is 6.42 Å². The van der Waals surface area contributed by atoms with Gasteiger partial charge in [-0.1, -0.05) is 90.7 Å². The number of cyclic esters (lactones) is 1. The van der Waals surface area contributed by atoms with Crippen LogP contribution in [0.1, 0.15) is 61.3 Å². The van der Waals surface area contributed by atoms with Crippen molar-refractivity contribution in [2.75, 3.05) is 0 Å². The minimum Gasteiger partial charge on any atom is -0.462 e. The van der Waals surface area contributed by atoms with E-state index in [2.05, 4.69) is 6.58 Å². The molecule has 13 atom stereocenters. The second-order valence-electron chi connectivity index (χ2n) is 11.9. The van der Waals surface area contributed by atoms with Crippen LogP contribution < -0.4 is 5.73 Å². The third kappa shape index (κ3) is 11.4. The first-order valence-electron chi connectivity index (χ1n) is 14.6. The van der Waals surface area contributed by atoms with Crippen molar-refractivity contribution in [1.29, 1.82) is 0 Å². The Kier molecular flexibility index (Phi) is 15.6. The number of hydrogen-bond acceptors (Lipinski definition) is 8. The maximum Gasteiger partial charge on any atom is 0.404 e. The van der Waals surface area contributed by atoms with Crippen molar-refractivity contribution >= 4 is 12.1 Å². The Morgan fingerprint density at radius 3 is 2.20 bits per heavy atom. The topological polar surface area (TPSA) is 160 Å². The second kappa shape index (κ2) is 17.5. The number of primary amides is 1. The largest absolute Gasteiger partial charge is 0.462 e. The summed E-state index contributed by atoms with van der Waals surface area (Å²) in [5, 5.41) is 42.5. The van der Waals surface area contributed by atoms with Crippen LogP contribution >= 0.6 is 0 Å². The number of esters is 1. The van der Waals surface area contributed by atoms with Crippen molar-refractivity contribution in [2.45, 2.75) is 97.9 Å². The number of aliphatic hydroxyl groups excluding tert-OH is 4. The van der Waals surface area contributed by atoms with Gasteiger partial charge in [-0.3, -0.25) is 4.79 Å². The van der Waals surface area contributed by atoms with E-state index in [1.165, 1.54) is 0 Å². The van der Waals surface area contributed by atoms with E-state index in [1.54, 1.807) is 38.2 Å². The van der Waals surface area contributed by atoms with Crippen LogP contribution in [0, 0.1) is 41.4 Å². The number of rotatable bonds is 16. The Bertz CT molecular complexity index is 917. The molecule has 1 rings (SSSR count). The number of aliphatic hydroxyl groups is 4. The monoisotopic (exact) mass is 579 g/mol. The van der Waals surface area contributed by atoms with Crippen LogP contribution in [0.25, 0.3) is 0 Å². The van der Waals surface area contributed by atoms with Gasteiger partial charge in [0.25, 0.3) is 0 Å². The molecule has 1 aliphatic heterocycles. The summed E-state index contributed by atoms with van der Waals surface area (Å²) in [6, 6.07) is 0. The summed E-state index contributed by atoms with van der Waals surface area (Å²) in [5.41, 5.74) is 5.27. The summed E-state index contributed by atoms with van der Waals surface area (Å²) in [6.07, 6.45) is 7.85. The smallest absolute Gasteiger partial charge is 0.404 e. The van der Waals surface area contributed by atoms with E-state index in [4.69, 9.17) is 15.2 Å². The summed E-state index contributed by atoms with van der Waals surface area (Å²) in [6.45, 7) is 16.4. The number of carbonyl (C=O) groups is 2. The predicted molar refractivity (Wildman–Crippen MR) is 159 cm³/mol. The Morgan fingerprint density at radius 2 is 1.61 bits per heavy atom. The van der Waals surface area contributed by atoms with E-state index in [9.17, 15) is 30.0 Å². The van der Waals surface area contributed by atoms with Crippen LogP contribution in [-0.4, -0.2) is 69.1 Å². The molecular weight excluding hydrogens is 526 g/mol. The molecule has 0 aromatic carbocycles. The summed E-state index contributed by atoms with van der Waals surface area (Å²) < 4.78 is 10.7. The molecule has 9 nitrogen and oxygen atoms in total. The Labute approximate surface area is 245 Å². The molecule has 41 heavy (non-hydrogen) atoms. The van der Waals surface area contributed by atoms with Gasteiger partial charge < -0.3 is 35.6 Å². The number of allylic oxidation sites excluding steroid dienone is 3. The zero-order valence-electron chi connectivity index (χ0n) is 25.7. The van der Waals surface area contributed by atoms with E-state index in [1.807, 2.05) is 52.8 Å². The molecule has 0 bridgehead atoms. The van der Waals surface area contributed by atoms with Crippen LogP contribution in [-0.2, 0) is 14.3 Å². The minimum absolute atomic E-state index is 0.148. The lowest BCUT2D eigenvalue weighted by molar-refractivity contribution is -0.179. The average Bonchev–Trinajstić information content (AvgIpc) is 2.93. The SMILES string of the molecule is C=C/C=C\[C@H](C)[C@H](OC(N)=O)[C@@H](C)[C@H](O)[C@@H](C)C/C=C\[C@H](C)[C@H](O)[C@@H](C)/C=C\[C@@H](O)C[C@@H]1OC(=O)[C@H](C)[C@@H](O)[C@H]1C. The molecule has 0 unspecified atom stereocenters. The van der Waals surface area contributed by atoms with Gasteiger partial charge in [0.05, 0.1) is 30.3 Å². The number of ether oxygens (including phenoxy) is 2. The second-order valence-corrected chi connectivity index (χ2v) is 11.9. The highest BCUT2D eigenvalue weighted by atomic mass is 16.6. The molecule has 1 fully saturated rings. The number of nitrogens with two attached hydrogens (primary N) is 1. The predicted octanol–water partition coefficient (Wildman–Crippen LogP) is 3.91. The summed E-state index contributed by atoms with van der Waals surface area (Å²) in [7, 11) is 0. The van der Waals surface area contributed by atoms with Gasteiger partial charge >= 0.3 is 12.1 Å². The lowest BCUT2D eigenvalue weighted by Gasteiger charge is -2.36. The maximum atomic E-state index is 11.9. The Morgan fingerprint density at radius 1 is 1.00 bits per heavy atom. The lowest BCUT2D eigenvalue weighted by atomic mass is 9.82. The first kappa shape index (κ1) is 36.6. The fourth-order valence-electron chi connectivity index (χ4n) is 5.32. The molecule has 234 valence electrons. The van der Waals surface area contributed by atoms with Crippen molar-refractivity contribution in [3.05, 3.63) is 49.1 Å². The Balaban J connectivity index is 2.67. The highest BCUT2D eigenvalue weighted by Crippen LogP contribution is 2.30. The van der Waals surface area contributed by atoms with Crippen LogP contribution in [0.2, 0.25) is 0 Å². The minimum atomic E-state index is -0.891. The maximum absolute atomic E-state index is 11.9. The standard InChI is InChI=1S/C32H53NO8/c1-9-10-12-21(5)30(41-32(33)39)23(7)28(36)19(3)14-11-13-18(2)27(35)20(4)15-16-25(34)17-26-22(6)29(37)24(8)31(38)40-26/h9-13,15-16,18-30,34-37H,1,14,17H2,2-8H3,(H2,33,39)/b12-10-,13-11-,16-15-/t18-,19-,20-,21-,22-,23-,24+,25+,26-,27-,28+,29-,30-/m0/s1. The van der Waals surface area contributed by atoms with Gasteiger partial charge in [0.2, 0.25) is 0 Å². The lowest BCUT2D eigenvalue weighted by Crippen LogP contribution is -2.47. The van der Waals surface area contributed by atoms with Crippen LogP contribution in [0.3, 0.4) is 0 Å². The molecule has 1 heterocycles. The fourth-order valence-corrected chi connectivity index (χ4v) is 5.32.